The summed E-state index contributed by atoms with van der Waals surface area (Å²) >= 11 is 7.03. The monoisotopic (exact) mass is 412 g/mol. The van der Waals surface area contributed by atoms with E-state index in [1.807, 2.05) is 24.3 Å². The average molecular weight is 414 g/mol. The minimum atomic E-state index is 0.795. The van der Waals surface area contributed by atoms with Crippen molar-refractivity contribution < 1.29 is 0 Å². The van der Waals surface area contributed by atoms with E-state index in [9.17, 15) is 0 Å². The number of nitrogens with zero attached hydrogens (tertiary/aromatic N) is 2. The van der Waals surface area contributed by atoms with Crippen molar-refractivity contribution in [2.75, 3.05) is 17.2 Å². The Bertz CT molecular complexity index is 592. The van der Waals surface area contributed by atoms with Gasteiger partial charge in [0.05, 0.1) is 5.69 Å². The van der Waals surface area contributed by atoms with Crippen molar-refractivity contribution in [3.8, 4) is 0 Å². The molecule has 0 bridgehead atoms. The van der Waals surface area contributed by atoms with Gasteiger partial charge in [0.1, 0.15) is 17.5 Å². The Balaban J connectivity index is 2.31. The molecule has 0 fully saturated rings. The molecule has 0 aliphatic heterocycles. The first-order valence-corrected chi connectivity index (χ1v) is 8.55. The van der Waals surface area contributed by atoms with Gasteiger partial charge < -0.3 is 10.6 Å². The van der Waals surface area contributed by atoms with Gasteiger partial charge in [0.2, 0.25) is 0 Å². The zero-order valence-electron chi connectivity index (χ0n) is 12.1. The lowest BCUT2D eigenvalue weighted by molar-refractivity contribution is 0.836. The lowest BCUT2D eigenvalue weighted by Gasteiger charge is -2.12. The van der Waals surface area contributed by atoms with Crippen LogP contribution in [0.4, 0.5) is 17.3 Å². The topological polar surface area (TPSA) is 49.8 Å². The SMILES string of the molecule is CCCc1nc(NCC)cc(Nc2cc(Br)ccc2Br)n1. The maximum absolute atomic E-state index is 4.57. The summed E-state index contributed by atoms with van der Waals surface area (Å²) in [6.45, 7) is 5.02. The molecule has 0 saturated heterocycles. The fourth-order valence-electron chi connectivity index (χ4n) is 1.90. The normalized spacial score (nSPS) is 10.5. The minimum Gasteiger partial charge on any atom is -0.370 e. The summed E-state index contributed by atoms with van der Waals surface area (Å²) in [5, 5.41) is 6.59. The highest BCUT2D eigenvalue weighted by Gasteiger charge is 2.07. The van der Waals surface area contributed by atoms with Crippen LogP contribution < -0.4 is 10.6 Å². The molecular weight excluding hydrogens is 396 g/mol. The van der Waals surface area contributed by atoms with Gasteiger partial charge in [-0.2, -0.15) is 0 Å². The Labute approximate surface area is 142 Å². The Kier molecular flexibility index (Phi) is 5.99. The smallest absolute Gasteiger partial charge is 0.136 e. The summed E-state index contributed by atoms with van der Waals surface area (Å²) in [6, 6.07) is 7.92. The van der Waals surface area contributed by atoms with Crippen molar-refractivity contribution in [2.45, 2.75) is 26.7 Å². The Hall–Kier alpha value is -1.14. The predicted octanol–water partition coefficient (Wildman–Crippen LogP) is 5.13. The second kappa shape index (κ2) is 7.75. The number of nitrogens with one attached hydrogen (secondary N) is 2. The third-order valence-corrected chi connectivity index (χ3v) is 3.98. The number of benzene rings is 1. The number of hydrogen-bond donors (Lipinski definition) is 2. The lowest BCUT2D eigenvalue weighted by atomic mass is 10.3. The van der Waals surface area contributed by atoms with Gasteiger partial charge in [-0.05, 0) is 47.5 Å². The number of rotatable bonds is 6. The van der Waals surface area contributed by atoms with Crippen molar-refractivity contribution in [3.63, 3.8) is 0 Å². The summed E-state index contributed by atoms with van der Waals surface area (Å²) in [5.41, 5.74) is 0.966. The lowest BCUT2D eigenvalue weighted by Crippen LogP contribution is -2.06. The third kappa shape index (κ3) is 4.68. The molecule has 4 nitrogen and oxygen atoms in total. The van der Waals surface area contributed by atoms with E-state index in [2.05, 4.69) is 66.3 Å². The molecule has 0 saturated carbocycles. The number of aryl methyl sites for hydroxylation is 1. The van der Waals surface area contributed by atoms with Crippen molar-refractivity contribution in [1.29, 1.82) is 0 Å². The van der Waals surface area contributed by atoms with E-state index in [1.54, 1.807) is 0 Å². The van der Waals surface area contributed by atoms with E-state index in [1.165, 1.54) is 0 Å². The van der Waals surface area contributed by atoms with Crippen LogP contribution in [0.5, 0.6) is 0 Å². The first-order chi connectivity index (χ1) is 10.1. The molecule has 0 aliphatic rings. The third-order valence-electron chi connectivity index (χ3n) is 2.80. The molecule has 0 spiro atoms. The highest BCUT2D eigenvalue weighted by Crippen LogP contribution is 2.29. The molecule has 0 unspecified atom stereocenters. The number of halogens is 2. The van der Waals surface area contributed by atoms with Crippen LogP contribution in [0, 0.1) is 0 Å². The van der Waals surface area contributed by atoms with Crippen LogP contribution in [0.1, 0.15) is 26.1 Å². The first kappa shape index (κ1) is 16.2. The van der Waals surface area contributed by atoms with Crippen LogP contribution in [-0.4, -0.2) is 16.5 Å². The molecule has 0 atom stereocenters. The van der Waals surface area contributed by atoms with E-state index < -0.39 is 0 Å². The molecule has 6 heteroatoms. The fraction of sp³-hybridized carbons (Fsp3) is 0.333. The molecule has 1 aromatic carbocycles. The van der Waals surface area contributed by atoms with Crippen molar-refractivity contribution in [1.82, 2.24) is 9.97 Å². The molecule has 1 heterocycles. The zero-order chi connectivity index (χ0) is 15.2. The zero-order valence-corrected chi connectivity index (χ0v) is 15.3. The van der Waals surface area contributed by atoms with E-state index in [0.717, 1.165) is 51.5 Å². The second-order valence-electron chi connectivity index (χ2n) is 4.58. The number of hydrogen-bond acceptors (Lipinski definition) is 4. The van der Waals surface area contributed by atoms with Crippen LogP contribution in [0.15, 0.2) is 33.2 Å². The van der Waals surface area contributed by atoms with Gasteiger partial charge in [0, 0.05) is 28.0 Å². The highest BCUT2D eigenvalue weighted by molar-refractivity contribution is 9.11. The van der Waals surface area contributed by atoms with Crippen molar-refractivity contribution in [3.05, 3.63) is 39.0 Å². The van der Waals surface area contributed by atoms with Crippen molar-refractivity contribution in [2.24, 2.45) is 0 Å². The van der Waals surface area contributed by atoms with Gasteiger partial charge >= 0.3 is 0 Å². The van der Waals surface area contributed by atoms with Crippen LogP contribution in [0.3, 0.4) is 0 Å². The molecule has 2 rings (SSSR count). The highest BCUT2D eigenvalue weighted by atomic mass is 79.9. The van der Waals surface area contributed by atoms with Gasteiger partial charge in [-0.1, -0.05) is 22.9 Å². The Morgan fingerprint density at radius 1 is 1.05 bits per heavy atom. The van der Waals surface area contributed by atoms with Gasteiger partial charge in [-0.15, -0.1) is 0 Å². The van der Waals surface area contributed by atoms with Crippen molar-refractivity contribution >= 4 is 49.2 Å². The van der Waals surface area contributed by atoms with Gasteiger partial charge in [-0.3, -0.25) is 0 Å². The number of aromatic nitrogens is 2. The molecule has 1 aromatic heterocycles. The Morgan fingerprint density at radius 3 is 2.52 bits per heavy atom. The van der Waals surface area contributed by atoms with E-state index in [4.69, 9.17) is 0 Å². The predicted molar refractivity (Wildman–Crippen MR) is 95.3 cm³/mol. The largest absolute Gasteiger partial charge is 0.370 e. The minimum absolute atomic E-state index is 0.795. The summed E-state index contributed by atoms with van der Waals surface area (Å²) < 4.78 is 2.01. The standard InChI is InChI=1S/C15H18Br2N4/c1-3-5-13-20-14(18-4-2)9-15(21-13)19-12-8-10(16)6-7-11(12)17/h6-9H,3-5H2,1-2H3,(H2,18,19,20,21). The van der Waals surface area contributed by atoms with Gasteiger partial charge in [0.25, 0.3) is 0 Å². The van der Waals surface area contributed by atoms with E-state index >= 15 is 0 Å². The molecule has 2 aromatic rings. The summed E-state index contributed by atoms with van der Waals surface area (Å²) in [6.07, 6.45) is 1.89. The molecular formula is C15H18Br2N4. The van der Waals surface area contributed by atoms with Crippen LogP contribution in [0.2, 0.25) is 0 Å². The summed E-state index contributed by atoms with van der Waals surface area (Å²) in [7, 11) is 0. The van der Waals surface area contributed by atoms with E-state index in [-0.39, 0.29) is 0 Å². The van der Waals surface area contributed by atoms with Gasteiger partial charge in [-0.25, -0.2) is 9.97 Å². The Morgan fingerprint density at radius 2 is 1.81 bits per heavy atom. The summed E-state index contributed by atoms with van der Waals surface area (Å²) in [4.78, 5) is 9.08. The molecule has 21 heavy (non-hydrogen) atoms. The maximum atomic E-state index is 4.57. The second-order valence-corrected chi connectivity index (χ2v) is 6.35. The average Bonchev–Trinajstić information content (AvgIpc) is 2.43. The number of anilines is 3. The molecule has 2 N–H and O–H groups in total. The molecule has 112 valence electrons. The van der Waals surface area contributed by atoms with E-state index in [0.29, 0.717) is 0 Å². The summed E-state index contributed by atoms with van der Waals surface area (Å²) in [5.74, 6) is 2.50. The van der Waals surface area contributed by atoms with Crippen LogP contribution in [-0.2, 0) is 6.42 Å². The van der Waals surface area contributed by atoms with Gasteiger partial charge in [0.15, 0.2) is 0 Å². The fourth-order valence-corrected chi connectivity index (χ4v) is 2.61. The quantitative estimate of drug-likeness (QED) is 0.689. The van der Waals surface area contributed by atoms with Crippen LogP contribution in [0.25, 0.3) is 0 Å². The first-order valence-electron chi connectivity index (χ1n) is 6.96. The maximum Gasteiger partial charge on any atom is 0.136 e. The molecule has 0 amide bonds. The molecule has 0 radical (unpaired) electrons. The van der Waals surface area contributed by atoms with Crippen LogP contribution >= 0.6 is 31.9 Å². The molecule has 0 aliphatic carbocycles.